The van der Waals surface area contributed by atoms with Gasteiger partial charge in [-0.3, -0.25) is 9.78 Å². The Morgan fingerprint density at radius 3 is 2.00 bits per heavy atom. The summed E-state index contributed by atoms with van der Waals surface area (Å²) in [5.41, 5.74) is 6.20. The number of ketones is 1. The van der Waals surface area contributed by atoms with Crippen LogP contribution in [-0.4, -0.2) is 20.9 Å². The van der Waals surface area contributed by atoms with Crippen molar-refractivity contribution < 1.29 is 30.0 Å². The number of aliphatic hydroxyl groups excluding tert-OH is 1. The minimum absolute atomic E-state index is 0. The molecule has 1 aromatic heterocycles. The average Bonchev–Trinajstić information content (AvgIpc) is 2.99. The number of rotatable bonds is 8. The third kappa shape index (κ3) is 8.48. The van der Waals surface area contributed by atoms with E-state index in [0.717, 1.165) is 59.2 Å². The average molecular weight is 786 g/mol. The molecule has 0 unspecified atom stereocenters. The van der Waals surface area contributed by atoms with Crippen molar-refractivity contribution in [2.45, 2.75) is 114 Å². The number of aliphatic hydroxyl groups is 1. The molecule has 0 aliphatic rings. The van der Waals surface area contributed by atoms with Crippen LogP contribution in [0.1, 0.15) is 111 Å². The third-order valence-corrected chi connectivity index (χ3v) is 9.76. The van der Waals surface area contributed by atoms with E-state index in [1.807, 2.05) is 48.5 Å². The van der Waals surface area contributed by atoms with Crippen molar-refractivity contribution in [3.63, 3.8) is 0 Å². The van der Waals surface area contributed by atoms with E-state index in [0.29, 0.717) is 0 Å². The molecule has 0 fully saturated rings. The number of benzene rings is 3. The van der Waals surface area contributed by atoms with Crippen molar-refractivity contribution in [3.05, 3.63) is 82.9 Å². The number of aryl methyl sites for hydroxylation is 3. The monoisotopic (exact) mass is 786 g/mol. The minimum Gasteiger partial charge on any atom is -0.512 e. The van der Waals surface area contributed by atoms with Crippen LogP contribution in [-0.2, 0) is 30.3 Å². The molecule has 0 bridgehead atoms. The molecule has 1 heterocycles. The van der Waals surface area contributed by atoms with Crippen LogP contribution in [0.2, 0.25) is 0 Å². The molecule has 0 amide bonds. The maximum absolute atomic E-state index is 12.2. The molecule has 4 rings (SSSR count). The number of hydrogen-bond donors (Lipinski definition) is 1. The van der Waals surface area contributed by atoms with Gasteiger partial charge in [0.25, 0.3) is 0 Å². The Hall–Kier alpha value is -2.88. The zero-order chi connectivity index (χ0) is 33.0. The van der Waals surface area contributed by atoms with Gasteiger partial charge in [0.15, 0.2) is 5.78 Å². The maximum Gasteiger partial charge on any atom is 0.164 e. The Morgan fingerprint density at radius 1 is 0.844 bits per heavy atom. The fraction of sp³-hybridized carbons (Fsp3) is 0.475. The summed E-state index contributed by atoms with van der Waals surface area (Å²) < 4.78 is 0. The standard InChI is InChI=1S/C25H25N2.C15H28O2.Ir/c1-15-12-19(14-20(13-15)25(4,5)6)23-21-11-10-18-9-7-8-16(2)22(18)24(21)27-17(3)26-23;1-7-14(5,8-2)12(16)11-13(17)15(6,9-3)10-4;/h7-11,13-14H,1-6H3;11,16H,7-10H2,1-6H3;/q-1;;/b;12-11-;. The number of aromatic nitrogens is 2. The zero-order valence-corrected chi connectivity index (χ0v) is 31.9. The predicted molar refractivity (Wildman–Crippen MR) is 187 cm³/mol. The van der Waals surface area contributed by atoms with Crippen LogP contribution < -0.4 is 0 Å². The Morgan fingerprint density at radius 2 is 1.44 bits per heavy atom. The zero-order valence-electron chi connectivity index (χ0n) is 29.5. The smallest absolute Gasteiger partial charge is 0.164 e. The van der Waals surface area contributed by atoms with Crippen molar-refractivity contribution in [2.24, 2.45) is 10.8 Å². The van der Waals surface area contributed by atoms with Crippen molar-refractivity contribution in [1.82, 2.24) is 9.97 Å². The van der Waals surface area contributed by atoms with Crippen LogP contribution in [0.3, 0.4) is 0 Å². The number of carbonyl (C=O) groups excluding carboxylic acids is 1. The van der Waals surface area contributed by atoms with E-state index in [9.17, 15) is 9.90 Å². The van der Waals surface area contributed by atoms with Crippen LogP contribution in [0.15, 0.2) is 54.3 Å². The van der Waals surface area contributed by atoms with E-state index in [1.165, 1.54) is 28.0 Å². The SMILES string of the molecule is CCC(C)(CC)C(=O)/C=C(\O)C(C)(CC)CC.Cc1[c-]c(-c2nc(C)nc3c2ccc2cccc(C)c23)cc(C(C)(C)C)c1.[Ir]. The summed E-state index contributed by atoms with van der Waals surface area (Å²) >= 11 is 0. The second kappa shape index (κ2) is 15.1. The molecule has 0 saturated carbocycles. The van der Waals surface area contributed by atoms with E-state index < -0.39 is 0 Å². The summed E-state index contributed by atoms with van der Waals surface area (Å²) in [6.45, 7) is 25.0. The van der Waals surface area contributed by atoms with Gasteiger partial charge in [0, 0.05) is 42.4 Å². The summed E-state index contributed by atoms with van der Waals surface area (Å²) in [4.78, 5) is 21.8. The molecule has 0 atom stereocenters. The van der Waals surface area contributed by atoms with Gasteiger partial charge < -0.3 is 5.11 Å². The fourth-order valence-electron chi connectivity index (χ4n) is 5.42. The van der Waals surface area contributed by atoms with Gasteiger partial charge in [-0.15, -0.1) is 34.9 Å². The molecule has 4 nitrogen and oxygen atoms in total. The van der Waals surface area contributed by atoms with Crippen molar-refractivity contribution >= 4 is 27.5 Å². The van der Waals surface area contributed by atoms with Crippen LogP contribution in [0.25, 0.3) is 32.9 Å². The first-order valence-corrected chi connectivity index (χ1v) is 16.2. The fourth-order valence-corrected chi connectivity index (χ4v) is 5.42. The largest absolute Gasteiger partial charge is 0.512 e. The molecule has 4 aromatic rings. The summed E-state index contributed by atoms with van der Waals surface area (Å²) in [5.74, 6) is 1.08. The topological polar surface area (TPSA) is 63.1 Å². The first kappa shape index (κ1) is 38.3. The molecule has 0 spiro atoms. The Balaban J connectivity index is 0.000000343. The van der Waals surface area contributed by atoms with Crippen LogP contribution >= 0.6 is 0 Å². The molecule has 45 heavy (non-hydrogen) atoms. The van der Waals surface area contributed by atoms with E-state index in [1.54, 1.807) is 0 Å². The van der Waals surface area contributed by atoms with Crippen LogP contribution in [0.5, 0.6) is 0 Å². The normalized spacial score (nSPS) is 12.5. The Bertz CT molecular complexity index is 1670. The maximum atomic E-state index is 12.2. The summed E-state index contributed by atoms with van der Waals surface area (Å²) in [7, 11) is 0. The minimum atomic E-state index is -0.337. The molecule has 5 heteroatoms. The first-order chi connectivity index (χ1) is 20.5. The molecule has 245 valence electrons. The van der Waals surface area contributed by atoms with Crippen molar-refractivity contribution in [2.75, 3.05) is 0 Å². The van der Waals surface area contributed by atoms with Gasteiger partial charge in [0.2, 0.25) is 0 Å². The third-order valence-electron chi connectivity index (χ3n) is 9.76. The molecule has 0 saturated heterocycles. The second-order valence-corrected chi connectivity index (χ2v) is 13.9. The van der Waals surface area contributed by atoms with E-state index >= 15 is 0 Å². The molecular weight excluding hydrogens is 733 g/mol. The van der Waals surface area contributed by atoms with E-state index in [2.05, 4.69) is 83.1 Å². The van der Waals surface area contributed by atoms with Gasteiger partial charge in [-0.05, 0) is 67.0 Å². The number of hydrogen-bond acceptors (Lipinski definition) is 4. The van der Waals surface area contributed by atoms with Crippen LogP contribution in [0.4, 0.5) is 0 Å². The first-order valence-electron chi connectivity index (χ1n) is 16.2. The van der Waals surface area contributed by atoms with Crippen LogP contribution in [0, 0.1) is 37.7 Å². The quantitative estimate of drug-likeness (QED) is 0.0836. The van der Waals surface area contributed by atoms with Crippen molar-refractivity contribution in [3.8, 4) is 11.3 Å². The van der Waals surface area contributed by atoms with Gasteiger partial charge in [0.05, 0.1) is 5.52 Å². The molecule has 1 radical (unpaired) electrons. The second-order valence-electron chi connectivity index (χ2n) is 13.9. The summed E-state index contributed by atoms with van der Waals surface area (Å²) in [6, 6.07) is 18.7. The number of nitrogens with zero attached hydrogens (tertiary/aromatic N) is 2. The Kier molecular flexibility index (Phi) is 12.9. The van der Waals surface area contributed by atoms with Gasteiger partial charge in [0.1, 0.15) is 11.6 Å². The molecular formula is C40H53IrN2O2-. The number of carbonyl (C=O) groups is 1. The molecule has 3 aromatic carbocycles. The van der Waals surface area contributed by atoms with Gasteiger partial charge in [-0.25, -0.2) is 4.98 Å². The van der Waals surface area contributed by atoms with Gasteiger partial charge >= 0.3 is 0 Å². The van der Waals surface area contributed by atoms with Gasteiger partial charge in [-0.1, -0.05) is 99.6 Å². The van der Waals surface area contributed by atoms with Crippen molar-refractivity contribution in [1.29, 1.82) is 0 Å². The summed E-state index contributed by atoms with van der Waals surface area (Å²) in [6.07, 6.45) is 4.75. The van der Waals surface area contributed by atoms with Gasteiger partial charge in [-0.2, -0.15) is 0 Å². The molecule has 1 N–H and O–H groups in total. The number of fused-ring (bicyclic) bond motifs is 3. The van der Waals surface area contributed by atoms with E-state index in [4.69, 9.17) is 9.97 Å². The number of allylic oxidation sites excluding steroid dienone is 2. The predicted octanol–water partition coefficient (Wildman–Crippen LogP) is 11.1. The summed E-state index contributed by atoms with van der Waals surface area (Å²) in [5, 5.41) is 13.7. The Labute approximate surface area is 285 Å². The molecule has 0 aliphatic carbocycles. The molecule has 0 aliphatic heterocycles. The van der Waals surface area contributed by atoms with E-state index in [-0.39, 0.29) is 47.9 Å².